The van der Waals surface area contributed by atoms with Crippen LogP contribution in [-0.4, -0.2) is 41.0 Å². The van der Waals surface area contributed by atoms with Crippen LogP contribution >= 0.6 is 23.1 Å². The van der Waals surface area contributed by atoms with E-state index in [-0.39, 0.29) is 23.0 Å². The summed E-state index contributed by atoms with van der Waals surface area (Å²) in [5, 5.41) is 11.0. The molecule has 0 aliphatic carbocycles. The molecule has 0 saturated heterocycles. The highest BCUT2D eigenvalue weighted by atomic mass is 32.2. The first-order valence-corrected chi connectivity index (χ1v) is 10.6. The third kappa shape index (κ3) is 6.49. The third-order valence-electron chi connectivity index (χ3n) is 3.84. The minimum Gasteiger partial charge on any atom is -0.481 e. The van der Waals surface area contributed by atoms with E-state index in [1.165, 1.54) is 35.8 Å². The summed E-state index contributed by atoms with van der Waals surface area (Å²) < 4.78 is 11.0. The molecule has 0 bridgehead atoms. The number of aromatic nitrogens is 2. The van der Waals surface area contributed by atoms with Gasteiger partial charge >= 0.3 is 5.97 Å². The van der Waals surface area contributed by atoms with Gasteiger partial charge in [0.05, 0.1) is 12.9 Å². The zero-order chi connectivity index (χ0) is 20.7. The number of rotatable bonds is 8. The van der Waals surface area contributed by atoms with Crippen LogP contribution in [0.2, 0.25) is 0 Å². The van der Waals surface area contributed by atoms with Gasteiger partial charge in [0.2, 0.25) is 5.13 Å². The lowest BCUT2D eigenvalue weighted by atomic mass is 9.87. The van der Waals surface area contributed by atoms with Crippen molar-refractivity contribution < 1.29 is 19.1 Å². The second kappa shape index (κ2) is 9.88. The predicted octanol–water partition coefficient (Wildman–Crippen LogP) is 3.90. The maximum Gasteiger partial charge on any atom is 0.316 e. The summed E-state index contributed by atoms with van der Waals surface area (Å²) in [4.78, 5) is 23.7. The lowest BCUT2D eigenvalue weighted by molar-refractivity contribution is -0.137. The van der Waals surface area contributed by atoms with Gasteiger partial charge < -0.3 is 9.47 Å². The monoisotopic (exact) mass is 423 g/mol. The van der Waals surface area contributed by atoms with E-state index in [0.717, 1.165) is 0 Å². The summed E-state index contributed by atoms with van der Waals surface area (Å²) in [6, 6.07) is 7.77. The van der Waals surface area contributed by atoms with E-state index in [9.17, 15) is 9.59 Å². The summed E-state index contributed by atoms with van der Waals surface area (Å²) >= 11 is 2.41. The van der Waals surface area contributed by atoms with E-state index in [1.54, 1.807) is 0 Å². The number of carbonyl (C=O) groups is 2. The highest BCUT2D eigenvalue weighted by molar-refractivity contribution is 8.01. The molecule has 28 heavy (non-hydrogen) atoms. The molecule has 7 nitrogen and oxygen atoms in total. The number of methoxy groups -OCH3 is 1. The van der Waals surface area contributed by atoms with E-state index < -0.39 is 6.10 Å². The quantitative estimate of drug-likeness (QED) is 0.391. The largest absolute Gasteiger partial charge is 0.481 e. The molecule has 1 aromatic carbocycles. The van der Waals surface area contributed by atoms with Crippen molar-refractivity contribution >= 4 is 40.1 Å². The summed E-state index contributed by atoms with van der Waals surface area (Å²) in [6.07, 6.45) is -0.133. The number of hydrogen-bond donors (Lipinski definition) is 1. The number of esters is 1. The molecular weight excluding hydrogens is 398 g/mol. The molecule has 0 radical (unpaired) electrons. The van der Waals surface area contributed by atoms with Gasteiger partial charge in [-0.25, -0.2) is 0 Å². The van der Waals surface area contributed by atoms with Gasteiger partial charge in [-0.2, -0.15) is 0 Å². The Morgan fingerprint density at radius 1 is 1.21 bits per heavy atom. The van der Waals surface area contributed by atoms with E-state index in [4.69, 9.17) is 4.74 Å². The van der Waals surface area contributed by atoms with Crippen molar-refractivity contribution in [2.45, 2.75) is 50.0 Å². The van der Waals surface area contributed by atoms with Crippen molar-refractivity contribution in [3.63, 3.8) is 0 Å². The van der Waals surface area contributed by atoms with Crippen LogP contribution in [0.5, 0.6) is 5.75 Å². The van der Waals surface area contributed by atoms with Gasteiger partial charge in [0, 0.05) is 0 Å². The van der Waals surface area contributed by atoms with Gasteiger partial charge in [0.25, 0.3) is 5.91 Å². The number of carbonyl (C=O) groups excluding carboxylic acids is 2. The topological polar surface area (TPSA) is 90.4 Å². The first-order chi connectivity index (χ1) is 13.2. The minimum atomic E-state index is -0.643. The lowest BCUT2D eigenvalue weighted by Crippen LogP contribution is -2.32. The third-order valence-corrected chi connectivity index (χ3v) is 5.79. The van der Waals surface area contributed by atoms with Gasteiger partial charge in [-0.3, -0.25) is 14.9 Å². The minimum absolute atomic E-state index is 0.0570. The van der Waals surface area contributed by atoms with Crippen LogP contribution in [0.3, 0.4) is 0 Å². The molecule has 0 aliphatic heterocycles. The average Bonchev–Trinajstić information content (AvgIpc) is 3.11. The van der Waals surface area contributed by atoms with E-state index in [0.29, 0.717) is 21.6 Å². The van der Waals surface area contributed by atoms with Crippen molar-refractivity contribution in [3.8, 4) is 5.75 Å². The van der Waals surface area contributed by atoms with Crippen molar-refractivity contribution in [3.05, 3.63) is 29.8 Å². The van der Waals surface area contributed by atoms with Gasteiger partial charge in [0.15, 0.2) is 10.4 Å². The fraction of sp³-hybridized carbons (Fsp3) is 0.474. The molecule has 0 saturated carbocycles. The van der Waals surface area contributed by atoms with Gasteiger partial charge in [0.1, 0.15) is 5.75 Å². The van der Waals surface area contributed by atoms with Crippen molar-refractivity contribution in [2.24, 2.45) is 0 Å². The highest BCUT2D eigenvalue weighted by Gasteiger charge is 2.21. The maximum atomic E-state index is 12.5. The Labute approximate surface area is 173 Å². The number of amides is 1. The molecule has 2 aromatic rings. The predicted molar refractivity (Wildman–Crippen MR) is 111 cm³/mol. The highest BCUT2D eigenvalue weighted by Crippen LogP contribution is 2.27. The van der Waals surface area contributed by atoms with Crippen LogP contribution in [0.4, 0.5) is 5.13 Å². The maximum absolute atomic E-state index is 12.5. The molecule has 0 fully saturated rings. The second-order valence-corrected chi connectivity index (χ2v) is 9.22. The summed E-state index contributed by atoms with van der Waals surface area (Å²) in [5.41, 5.74) is 1.25. The summed E-state index contributed by atoms with van der Waals surface area (Å²) in [7, 11) is 1.33. The summed E-state index contributed by atoms with van der Waals surface area (Å²) in [6.45, 7) is 8.31. The van der Waals surface area contributed by atoms with Crippen molar-refractivity contribution in [1.29, 1.82) is 0 Å². The Balaban J connectivity index is 1.94. The van der Waals surface area contributed by atoms with Crippen LogP contribution < -0.4 is 10.1 Å². The van der Waals surface area contributed by atoms with Gasteiger partial charge in [-0.05, 0) is 29.5 Å². The number of benzene rings is 1. The Hall–Kier alpha value is -2.13. The Morgan fingerprint density at radius 2 is 1.89 bits per heavy atom. The molecule has 1 atom stereocenters. The smallest absolute Gasteiger partial charge is 0.316 e. The SMILES string of the molecule is CC[C@@H](Oc1ccc(C(C)(C)C)cc1)C(=O)Nc1nnc(SCC(=O)OC)s1. The number of nitrogens with one attached hydrogen (secondary N) is 1. The molecule has 152 valence electrons. The van der Waals surface area contributed by atoms with Gasteiger partial charge in [-0.1, -0.05) is 62.9 Å². The van der Waals surface area contributed by atoms with Crippen LogP contribution in [0.25, 0.3) is 0 Å². The van der Waals surface area contributed by atoms with E-state index in [2.05, 4.69) is 41.0 Å². The number of thioether (sulfide) groups is 1. The van der Waals surface area contributed by atoms with E-state index in [1.807, 2.05) is 31.2 Å². The molecule has 0 unspecified atom stereocenters. The van der Waals surface area contributed by atoms with Crippen molar-refractivity contribution in [1.82, 2.24) is 10.2 Å². The fourth-order valence-corrected chi connectivity index (χ4v) is 3.79. The second-order valence-electron chi connectivity index (χ2n) is 7.02. The zero-order valence-corrected chi connectivity index (χ0v) is 18.3. The lowest BCUT2D eigenvalue weighted by Gasteiger charge is -2.20. The number of ether oxygens (including phenoxy) is 2. The zero-order valence-electron chi connectivity index (χ0n) is 16.6. The number of anilines is 1. The normalized spacial score (nSPS) is 12.3. The van der Waals surface area contributed by atoms with E-state index >= 15 is 0 Å². The molecule has 0 aliphatic rings. The Morgan fingerprint density at radius 3 is 2.46 bits per heavy atom. The van der Waals surface area contributed by atoms with Crippen LogP contribution in [0, 0.1) is 0 Å². The molecule has 1 heterocycles. The Kier molecular flexibility index (Phi) is 7.82. The molecule has 1 N–H and O–H groups in total. The average molecular weight is 424 g/mol. The Bertz CT molecular complexity index is 800. The first-order valence-electron chi connectivity index (χ1n) is 8.84. The molecule has 0 spiro atoms. The molecular formula is C19H25N3O4S2. The van der Waals surface area contributed by atoms with Gasteiger partial charge in [-0.15, -0.1) is 10.2 Å². The summed E-state index contributed by atoms with van der Waals surface area (Å²) in [5.74, 6) is 0.150. The van der Waals surface area contributed by atoms with Crippen LogP contribution in [0.1, 0.15) is 39.7 Å². The number of hydrogen-bond acceptors (Lipinski definition) is 8. The number of nitrogens with zero attached hydrogens (tertiary/aromatic N) is 2. The van der Waals surface area contributed by atoms with Crippen LogP contribution in [0.15, 0.2) is 28.6 Å². The molecule has 1 aromatic heterocycles. The molecule has 9 heteroatoms. The van der Waals surface area contributed by atoms with Crippen LogP contribution in [-0.2, 0) is 19.7 Å². The fourth-order valence-electron chi connectivity index (χ4n) is 2.20. The standard InChI is InChI=1S/C19H25N3O4S2/c1-6-14(26-13-9-7-12(8-10-13)19(2,3)4)16(24)20-17-21-22-18(28-17)27-11-15(23)25-5/h7-10,14H,6,11H2,1-5H3,(H,20,21,24)/t14-/m1/s1. The van der Waals surface area contributed by atoms with Crippen molar-refractivity contribution in [2.75, 3.05) is 18.2 Å². The first kappa shape index (κ1) is 22.2. The molecule has 2 rings (SSSR count). The molecule has 1 amide bonds.